The lowest BCUT2D eigenvalue weighted by atomic mass is 9.70. The maximum absolute atomic E-state index is 14.6. The maximum Gasteiger partial charge on any atom is 0.233 e. The van der Waals surface area contributed by atoms with Crippen LogP contribution < -0.4 is 9.47 Å². The Morgan fingerprint density at radius 2 is 1.72 bits per heavy atom. The lowest BCUT2D eigenvalue weighted by molar-refractivity contribution is -0.151. The van der Waals surface area contributed by atoms with Gasteiger partial charge in [0, 0.05) is 18.1 Å². The largest absolute Gasteiger partial charge is 0.496 e. The van der Waals surface area contributed by atoms with E-state index in [1.54, 1.807) is 6.92 Å². The van der Waals surface area contributed by atoms with E-state index in [-0.39, 0.29) is 23.0 Å². The van der Waals surface area contributed by atoms with E-state index >= 15 is 0 Å². The van der Waals surface area contributed by atoms with Crippen LogP contribution in [-0.2, 0) is 11.2 Å². The number of aliphatic hydroxyl groups is 2. The van der Waals surface area contributed by atoms with Gasteiger partial charge in [-0.15, -0.1) is 0 Å². The Labute approximate surface area is 204 Å². The van der Waals surface area contributed by atoms with Crippen LogP contribution in [0, 0.1) is 18.6 Å². The molecule has 0 saturated heterocycles. The molecule has 3 aromatic carbocycles. The third-order valence-corrected chi connectivity index (χ3v) is 7.29. The number of benzene rings is 3. The van der Waals surface area contributed by atoms with E-state index in [0.717, 1.165) is 12.1 Å². The maximum atomic E-state index is 14.6. The van der Waals surface area contributed by atoms with Gasteiger partial charge in [-0.05, 0) is 30.2 Å². The Morgan fingerprint density at radius 3 is 2.36 bits per heavy atom. The predicted molar refractivity (Wildman–Crippen MR) is 123 cm³/mol. The molecule has 0 radical (unpaired) electrons. The summed E-state index contributed by atoms with van der Waals surface area (Å²) in [7, 11) is 1.34. The molecule has 0 spiro atoms. The number of hydrogen-bond donors (Lipinski definition) is 2. The van der Waals surface area contributed by atoms with Crippen molar-refractivity contribution in [2.24, 2.45) is 0 Å². The normalized spacial score (nSPS) is 28.4. The summed E-state index contributed by atoms with van der Waals surface area (Å²) >= 11 is 0. The van der Waals surface area contributed by atoms with Crippen molar-refractivity contribution >= 4 is 0 Å². The number of halogens is 2. The SMILES string of the molecule is COc1cc(F)cc2c1[C@]1(O)[C@H](O)[C@H](c3nc(C)no3)[C@@H](c3ccccc3)[C@]1(c1ccc(F)cc1)O2. The van der Waals surface area contributed by atoms with Crippen LogP contribution in [0.5, 0.6) is 11.5 Å². The predicted octanol–water partition coefficient (Wildman–Crippen LogP) is 4.08. The first-order valence-corrected chi connectivity index (χ1v) is 11.4. The summed E-state index contributed by atoms with van der Waals surface area (Å²) in [5.41, 5.74) is -2.77. The zero-order valence-corrected chi connectivity index (χ0v) is 19.4. The summed E-state index contributed by atoms with van der Waals surface area (Å²) in [6.07, 6.45) is -1.56. The zero-order chi connectivity index (χ0) is 25.2. The van der Waals surface area contributed by atoms with Gasteiger partial charge in [-0.2, -0.15) is 4.98 Å². The fraction of sp³-hybridized carbons (Fsp3) is 0.259. The van der Waals surface area contributed by atoms with Crippen molar-refractivity contribution in [1.29, 1.82) is 0 Å². The van der Waals surface area contributed by atoms with Crippen LogP contribution in [0.2, 0.25) is 0 Å². The van der Waals surface area contributed by atoms with Crippen LogP contribution >= 0.6 is 0 Å². The molecule has 2 heterocycles. The molecule has 2 aliphatic rings. The lowest BCUT2D eigenvalue weighted by Crippen LogP contribution is -2.52. The Balaban J connectivity index is 1.73. The average Bonchev–Trinajstić information content (AvgIpc) is 3.47. The van der Waals surface area contributed by atoms with Gasteiger partial charge in [0.05, 0.1) is 18.6 Å². The minimum absolute atomic E-state index is 0.00436. The van der Waals surface area contributed by atoms with Gasteiger partial charge in [-0.25, -0.2) is 8.78 Å². The number of methoxy groups -OCH3 is 1. The van der Waals surface area contributed by atoms with Gasteiger partial charge in [-0.1, -0.05) is 47.6 Å². The molecule has 0 bridgehead atoms. The number of aromatic nitrogens is 2. The standard InChI is InChI=1S/C27H22F2N2O5/c1-14-30-25(36-31-14)21-22(15-6-4-3-5-7-15)27(16-8-10-17(28)11-9-16)26(33,24(21)32)23-19(34-2)12-18(29)13-20(23)35-27/h3-13,21-22,24,32-33H,1-2H3/t21-,22-,24-,26+,27+/m1/s1. The molecule has 1 aromatic heterocycles. The molecule has 1 aliphatic carbocycles. The van der Waals surface area contributed by atoms with E-state index in [1.807, 2.05) is 30.3 Å². The summed E-state index contributed by atoms with van der Waals surface area (Å²) in [5, 5.41) is 28.5. The van der Waals surface area contributed by atoms with Crippen molar-refractivity contribution in [1.82, 2.24) is 10.1 Å². The second kappa shape index (κ2) is 7.84. The number of aliphatic hydroxyl groups excluding tert-OH is 1. The summed E-state index contributed by atoms with van der Waals surface area (Å²) in [4.78, 5) is 4.37. The Hall–Kier alpha value is -3.82. The molecule has 7 nitrogen and oxygen atoms in total. The van der Waals surface area contributed by atoms with Gasteiger partial charge in [0.1, 0.15) is 29.2 Å². The summed E-state index contributed by atoms with van der Waals surface area (Å²) in [6, 6.07) is 16.8. The molecule has 2 N–H and O–H groups in total. The van der Waals surface area contributed by atoms with Crippen molar-refractivity contribution in [3.05, 3.63) is 107 Å². The molecule has 0 unspecified atom stereocenters. The van der Waals surface area contributed by atoms with Crippen LogP contribution in [0.1, 0.15) is 40.2 Å². The Morgan fingerprint density at radius 1 is 1.00 bits per heavy atom. The molecule has 0 amide bonds. The number of aryl methyl sites for hydroxylation is 1. The van der Waals surface area contributed by atoms with E-state index in [0.29, 0.717) is 17.0 Å². The van der Waals surface area contributed by atoms with Crippen LogP contribution in [-0.4, -0.2) is 33.6 Å². The van der Waals surface area contributed by atoms with Crippen molar-refractivity contribution in [3.63, 3.8) is 0 Å². The number of nitrogens with zero attached hydrogens (tertiary/aromatic N) is 2. The highest BCUT2D eigenvalue weighted by Crippen LogP contribution is 2.71. The second-order valence-electron chi connectivity index (χ2n) is 9.13. The van der Waals surface area contributed by atoms with E-state index in [2.05, 4.69) is 10.1 Å². The van der Waals surface area contributed by atoms with E-state index in [4.69, 9.17) is 14.0 Å². The average molecular weight is 492 g/mol. The minimum atomic E-state index is -2.17. The molecule has 1 aliphatic heterocycles. The van der Waals surface area contributed by atoms with Gasteiger partial charge in [0.2, 0.25) is 5.89 Å². The van der Waals surface area contributed by atoms with Gasteiger partial charge < -0.3 is 24.2 Å². The fourth-order valence-corrected chi connectivity index (χ4v) is 5.96. The molecule has 4 aromatic rings. The topological polar surface area (TPSA) is 97.8 Å². The molecular weight excluding hydrogens is 470 g/mol. The van der Waals surface area contributed by atoms with E-state index < -0.39 is 40.8 Å². The quantitative estimate of drug-likeness (QED) is 0.443. The van der Waals surface area contributed by atoms with Crippen LogP contribution in [0.4, 0.5) is 8.78 Å². The van der Waals surface area contributed by atoms with Gasteiger partial charge in [0.25, 0.3) is 0 Å². The Bertz CT molecular complexity index is 1440. The van der Waals surface area contributed by atoms with Gasteiger partial charge >= 0.3 is 0 Å². The highest BCUT2D eigenvalue weighted by Gasteiger charge is 2.78. The van der Waals surface area contributed by atoms with Crippen molar-refractivity contribution < 1.29 is 33.0 Å². The molecule has 1 saturated carbocycles. The molecule has 5 atom stereocenters. The van der Waals surface area contributed by atoms with Gasteiger partial charge in [-0.3, -0.25) is 0 Å². The molecule has 6 rings (SSSR count). The number of hydrogen-bond acceptors (Lipinski definition) is 7. The number of rotatable bonds is 4. The summed E-state index contributed by atoms with van der Waals surface area (Å²) in [6.45, 7) is 1.65. The minimum Gasteiger partial charge on any atom is -0.496 e. The van der Waals surface area contributed by atoms with Crippen LogP contribution in [0.25, 0.3) is 0 Å². The first kappa shape index (κ1) is 22.6. The lowest BCUT2D eigenvalue weighted by Gasteiger charge is -2.40. The summed E-state index contributed by atoms with van der Waals surface area (Å²) < 4.78 is 46.1. The van der Waals surface area contributed by atoms with E-state index in [9.17, 15) is 19.0 Å². The fourth-order valence-electron chi connectivity index (χ4n) is 5.96. The van der Waals surface area contributed by atoms with Gasteiger partial charge in [0.15, 0.2) is 17.0 Å². The van der Waals surface area contributed by atoms with Crippen LogP contribution in [0.3, 0.4) is 0 Å². The highest BCUT2D eigenvalue weighted by atomic mass is 19.1. The van der Waals surface area contributed by atoms with Crippen molar-refractivity contribution in [2.75, 3.05) is 7.11 Å². The zero-order valence-electron chi connectivity index (χ0n) is 19.4. The van der Waals surface area contributed by atoms with E-state index in [1.165, 1.54) is 31.4 Å². The second-order valence-corrected chi connectivity index (χ2v) is 9.13. The third-order valence-electron chi connectivity index (χ3n) is 7.29. The first-order chi connectivity index (χ1) is 17.3. The monoisotopic (exact) mass is 492 g/mol. The molecule has 184 valence electrons. The summed E-state index contributed by atoms with van der Waals surface area (Å²) in [5.74, 6) is -2.41. The van der Waals surface area contributed by atoms with Crippen LogP contribution in [0.15, 0.2) is 71.3 Å². The molecule has 9 heteroatoms. The van der Waals surface area contributed by atoms with Crippen molar-refractivity contribution in [2.45, 2.75) is 36.1 Å². The van der Waals surface area contributed by atoms with Crippen molar-refractivity contribution in [3.8, 4) is 11.5 Å². The molecule has 1 fully saturated rings. The highest BCUT2D eigenvalue weighted by molar-refractivity contribution is 5.61. The number of ether oxygens (including phenoxy) is 2. The Kier molecular flexibility index (Phi) is 4.93. The molecule has 36 heavy (non-hydrogen) atoms. The smallest absolute Gasteiger partial charge is 0.233 e. The first-order valence-electron chi connectivity index (χ1n) is 11.4. The molecular formula is C27H22F2N2O5. The number of fused-ring (bicyclic) bond motifs is 3. The third kappa shape index (κ3) is 2.84.